The van der Waals surface area contributed by atoms with Gasteiger partial charge in [-0.1, -0.05) is 30.3 Å². The number of likely N-dealkylation sites (tertiary alicyclic amines) is 1. The van der Waals surface area contributed by atoms with E-state index in [0.717, 1.165) is 5.56 Å². The quantitative estimate of drug-likeness (QED) is 0.774. The third-order valence-electron chi connectivity index (χ3n) is 3.02. The van der Waals surface area contributed by atoms with Crippen LogP contribution in [0.3, 0.4) is 0 Å². The van der Waals surface area contributed by atoms with Crippen molar-refractivity contribution in [2.24, 2.45) is 0 Å². The summed E-state index contributed by atoms with van der Waals surface area (Å²) in [7, 11) is 0. The molecule has 5 heteroatoms. The number of hydrogen-bond acceptors (Lipinski definition) is 3. The highest BCUT2D eigenvalue weighted by atomic mass is 16.3. The van der Waals surface area contributed by atoms with E-state index in [0.29, 0.717) is 25.8 Å². The minimum atomic E-state index is -0.642. The molecule has 1 heterocycles. The normalized spacial score (nSPS) is 20.5. The monoisotopic (exact) mass is 248 g/mol. The Labute approximate surface area is 105 Å². The van der Waals surface area contributed by atoms with Crippen molar-refractivity contribution in [3.8, 4) is 0 Å². The number of rotatable bonds is 3. The lowest BCUT2D eigenvalue weighted by atomic mass is 10.1. The second kappa shape index (κ2) is 5.64. The smallest absolute Gasteiger partial charge is 0.318 e. The zero-order valence-electron chi connectivity index (χ0n) is 9.95. The van der Waals surface area contributed by atoms with Crippen molar-refractivity contribution in [2.75, 3.05) is 13.1 Å². The molecule has 0 unspecified atom stereocenters. The molecule has 2 rings (SSSR count). The molecule has 1 fully saturated rings. The first-order chi connectivity index (χ1) is 8.70. The maximum absolute atomic E-state index is 11.9. The average Bonchev–Trinajstić information content (AvgIpc) is 2.83. The Hall–Kier alpha value is -1.88. The summed E-state index contributed by atoms with van der Waals surface area (Å²) in [4.78, 5) is 24.4. The fourth-order valence-electron chi connectivity index (χ4n) is 2.01. The average molecular weight is 248 g/mol. The van der Waals surface area contributed by atoms with E-state index in [1.54, 1.807) is 12.1 Å². The molecule has 0 bridgehead atoms. The fourth-order valence-corrected chi connectivity index (χ4v) is 2.01. The molecule has 1 saturated heterocycles. The van der Waals surface area contributed by atoms with Gasteiger partial charge in [0, 0.05) is 13.1 Å². The van der Waals surface area contributed by atoms with Gasteiger partial charge in [-0.2, -0.15) is 0 Å². The van der Waals surface area contributed by atoms with Gasteiger partial charge in [0.1, 0.15) is 12.3 Å². The maximum atomic E-state index is 11.9. The van der Waals surface area contributed by atoms with Gasteiger partial charge in [-0.15, -0.1) is 0 Å². The Morgan fingerprint density at radius 1 is 1.44 bits per heavy atom. The van der Waals surface area contributed by atoms with Gasteiger partial charge in [0.25, 0.3) is 0 Å². The summed E-state index contributed by atoms with van der Waals surface area (Å²) in [6.45, 7) is 0.847. The zero-order chi connectivity index (χ0) is 13.0. The number of carbonyl (C=O) groups excluding carboxylic acids is 2. The molecule has 0 aromatic heterocycles. The Balaban J connectivity index is 1.99. The lowest BCUT2D eigenvalue weighted by Crippen LogP contribution is -2.41. The van der Waals surface area contributed by atoms with Crippen LogP contribution in [0.15, 0.2) is 30.3 Å². The predicted molar refractivity (Wildman–Crippen MR) is 66.0 cm³/mol. The van der Waals surface area contributed by atoms with Crippen LogP contribution < -0.4 is 5.32 Å². The predicted octanol–water partition coefficient (Wildman–Crippen LogP) is 0.703. The number of urea groups is 1. The number of nitrogens with one attached hydrogen (secondary N) is 1. The van der Waals surface area contributed by atoms with Crippen LogP contribution in [0, 0.1) is 0 Å². The summed E-state index contributed by atoms with van der Waals surface area (Å²) in [5.74, 6) is 0. The zero-order valence-corrected chi connectivity index (χ0v) is 9.95. The van der Waals surface area contributed by atoms with Gasteiger partial charge in [0.15, 0.2) is 0 Å². The molecule has 2 atom stereocenters. The highest BCUT2D eigenvalue weighted by molar-refractivity contribution is 5.79. The molecule has 0 aliphatic carbocycles. The third kappa shape index (κ3) is 2.87. The van der Waals surface area contributed by atoms with Crippen LogP contribution in [0.1, 0.15) is 18.0 Å². The van der Waals surface area contributed by atoms with Crippen molar-refractivity contribution in [1.29, 1.82) is 0 Å². The summed E-state index contributed by atoms with van der Waals surface area (Å²) < 4.78 is 0. The number of amides is 2. The van der Waals surface area contributed by atoms with Gasteiger partial charge in [-0.3, -0.25) is 0 Å². The molecule has 2 amide bonds. The van der Waals surface area contributed by atoms with Gasteiger partial charge in [-0.25, -0.2) is 4.79 Å². The second-order valence-corrected chi connectivity index (χ2v) is 4.36. The number of benzene rings is 1. The lowest BCUT2D eigenvalue weighted by Gasteiger charge is -2.20. The van der Waals surface area contributed by atoms with E-state index in [4.69, 9.17) is 0 Å². The third-order valence-corrected chi connectivity index (χ3v) is 3.02. The Morgan fingerprint density at radius 3 is 2.72 bits per heavy atom. The summed E-state index contributed by atoms with van der Waals surface area (Å²) in [5, 5.41) is 12.0. The number of β-amino-alcohol motifs (C(OH)–C–C–N with tert-alkyl or cyclic N) is 1. The fraction of sp³-hybridized carbons (Fsp3) is 0.385. The molecule has 0 spiro atoms. The minimum Gasteiger partial charge on any atom is -0.391 e. The Morgan fingerprint density at radius 2 is 2.17 bits per heavy atom. The van der Waals surface area contributed by atoms with Crippen molar-refractivity contribution in [1.82, 2.24) is 10.2 Å². The van der Waals surface area contributed by atoms with E-state index in [1.165, 1.54) is 4.90 Å². The lowest BCUT2D eigenvalue weighted by molar-refractivity contribution is -0.109. The molecule has 0 saturated carbocycles. The highest BCUT2D eigenvalue weighted by Gasteiger charge is 2.26. The number of aliphatic hydroxyl groups is 1. The van der Waals surface area contributed by atoms with Crippen molar-refractivity contribution < 1.29 is 14.7 Å². The van der Waals surface area contributed by atoms with Crippen LogP contribution in [0.25, 0.3) is 0 Å². The molecule has 18 heavy (non-hydrogen) atoms. The van der Waals surface area contributed by atoms with Crippen molar-refractivity contribution in [3.05, 3.63) is 35.9 Å². The summed E-state index contributed by atoms with van der Waals surface area (Å²) in [6, 6.07) is 8.11. The number of aldehydes is 1. The van der Waals surface area contributed by atoms with E-state index >= 15 is 0 Å². The number of hydrogen-bond donors (Lipinski definition) is 2. The summed E-state index contributed by atoms with van der Waals surface area (Å²) in [5.41, 5.74) is 0.751. The second-order valence-electron chi connectivity index (χ2n) is 4.36. The van der Waals surface area contributed by atoms with Gasteiger partial charge in [0.2, 0.25) is 0 Å². The van der Waals surface area contributed by atoms with Gasteiger partial charge >= 0.3 is 6.03 Å². The highest BCUT2D eigenvalue weighted by Crippen LogP contribution is 2.13. The first-order valence-corrected chi connectivity index (χ1v) is 5.94. The first-order valence-electron chi connectivity index (χ1n) is 5.94. The number of nitrogens with zero attached hydrogens (tertiary/aromatic N) is 1. The first kappa shape index (κ1) is 12.6. The van der Waals surface area contributed by atoms with E-state index in [2.05, 4.69) is 5.32 Å². The molecule has 1 aliphatic heterocycles. The van der Waals surface area contributed by atoms with Gasteiger partial charge in [0.05, 0.1) is 6.10 Å². The van der Waals surface area contributed by atoms with Crippen LogP contribution in [-0.2, 0) is 4.79 Å². The summed E-state index contributed by atoms with van der Waals surface area (Å²) in [6.07, 6.45) is 0.840. The van der Waals surface area contributed by atoms with Crippen LogP contribution in [-0.4, -0.2) is 41.5 Å². The van der Waals surface area contributed by atoms with E-state index < -0.39 is 12.1 Å². The van der Waals surface area contributed by atoms with E-state index in [-0.39, 0.29) is 6.03 Å². The minimum absolute atomic E-state index is 0.312. The largest absolute Gasteiger partial charge is 0.391 e. The van der Waals surface area contributed by atoms with Crippen molar-refractivity contribution in [3.63, 3.8) is 0 Å². The van der Waals surface area contributed by atoms with E-state index in [1.807, 2.05) is 18.2 Å². The van der Waals surface area contributed by atoms with E-state index in [9.17, 15) is 14.7 Å². The molecule has 96 valence electrons. The number of aliphatic hydroxyl groups excluding tert-OH is 1. The van der Waals surface area contributed by atoms with Crippen LogP contribution in [0.4, 0.5) is 4.79 Å². The standard InChI is InChI=1S/C13H16N2O3/c16-9-12(10-4-2-1-3-5-10)14-13(18)15-7-6-11(17)8-15/h1-5,9,11-12,17H,6-8H2,(H,14,18)/t11-,12+/m1/s1. The molecule has 2 N–H and O–H groups in total. The molecular weight excluding hydrogens is 232 g/mol. The van der Waals surface area contributed by atoms with Crippen molar-refractivity contribution in [2.45, 2.75) is 18.6 Å². The topological polar surface area (TPSA) is 69.6 Å². The molecular formula is C13H16N2O3. The van der Waals surface area contributed by atoms with Gasteiger partial charge in [-0.05, 0) is 12.0 Å². The Kier molecular flexibility index (Phi) is 3.94. The molecule has 1 aromatic carbocycles. The molecule has 1 aromatic rings. The number of carbonyl (C=O) groups is 2. The SMILES string of the molecule is O=C[C@H](NC(=O)N1CC[C@@H](O)C1)c1ccccc1. The summed E-state index contributed by atoms with van der Waals surface area (Å²) >= 11 is 0. The molecule has 1 aliphatic rings. The van der Waals surface area contributed by atoms with Crippen molar-refractivity contribution >= 4 is 12.3 Å². The van der Waals surface area contributed by atoms with Crippen LogP contribution in [0.2, 0.25) is 0 Å². The van der Waals surface area contributed by atoms with Crippen LogP contribution in [0.5, 0.6) is 0 Å². The Bertz CT molecular complexity index is 422. The van der Waals surface area contributed by atoms with Gasteiger partial charge < -0.3 is 20.1 Å². The maximum Gasteiger partial charge on any atom is 0.318 e. The molecule has 0 radical (unpaired) electrons. The molecule has 5 nitrogen and oxygen atoms in total. The van der Waals surface area contributed by atoms with Crippen LogP contribution >= 0.6 is 0 Å².